The van der Waals surface area contributed by atoms with Gasteiger partial charge in [-0.05, 0) is 57.9 Å². The van der Waals surface area contributed by atoms with Gasteiger partial charge < -0.3 is 25.0 Å². The van der Waals surface area contributed by atoms with Crippen molar-refractivity contribution >= 4 is 11.8 Å². The highest BCUT2D eigenvalue weighted by Gasteiger charge is 2.18. The van der Waals surface area contributed by atoms with Crippen molar-refractivity contribution in [1.29, 1.82) is 0 Å². The van der Waals surface area contributed by atoms with Gasteiger partial charge in [-0.3, -0.25) is 9.59 Å². The number of rotatable bonds is 10. The van der Waals surface area contributed by atoms with E-state index in [1.54, 1.807) is 18.2 Å². The summed E-state index contributed by atoms with van der Waals surface area (Å²) >= 11 is 0. The maximum absolute atomic E-state index is 12.4. The Balaban J connectivity index is 1.97. The predicted octanol–water partition coefficient (Wildman–Crippen LogP) is 2.20. The Bertz CT molecular complexity index is 645. The van der Waals surface area contributed by atoms with E-state index >= 15 is 0 Å². The van der Waals surface area contributed by atoms with E-state index in [9.17, 15) is 9.59 Å². The third-order valence-corrected chi connectivity index (χ3v) is 4.69. The van der Waals surface area contributed by atoms with Gasteiger partial charge in [-0.25, -0.2) is 0 Å². The molecule has 0 bridgehead atoms. The molecular formula is C21H33N3O4. The minimum Gasteiger partial charge on any atom is -0.490 e. The summed E-state index contributed by atoms with van der Waals surface area (Å²) in [4.78, 5) is 26.6. The van der Waals surface area contributed by atoms with Crippen LogP contribution in [0.15, 0.2) is 18.2 Å². The molecule has 7 nitrogen and oxygen atoms in total. The third-order valence-electron chi connectivity index (χ3n) is 4.69. The van der Waals surface area contributed by atoms with Gasteiger partial charge in [0.25, 0.3) is 11.8 Å². The molecule has 0 aliphatic carbocycles. The lowest BCUT2D eigenvalue weighted by atomic mass is 10.1. The molecule has 0 spiro atoms. The van der Waals surface area contributed by atoms with Crippen LogP contribution in [0.1, 0.15) is 50.4 Å². The van der Waals surface area contributed by atoms with Crippen molar-refractivity contribution in [2.45, 2.75) is 46.1 Å². The van der Waals surface area contributed by atoms with Crippen LogP contribution in [0.25, 0.3) is 0 Å². The van der Waals surface area contributed by atoms with Gasteiger partial charge in [0, 0.05) is 31.2 Å². The van der Waals surface area contributed by atoms with E-state index in [4.69, 9.17) is 9.47 Å². The Morgan fingerprint density at radius 3 is 2.54 bits per heavy atom. The first kappa shape index (κ1) is 22.0. The topological polar surface area (TPSA) is 79.9 Å². The van der Waals surface area contributed by atoms with Gasteiger partial charge in [-0.1, -0.05) is 6.92 Å². The summed E-state index contributed by atoms with van der Waals surface area (Å²) in [5, 5.41) is 6.16. The molecule has 2 rings (SSSR count). The van der Waals surface area contributed by atoms with Crippen LogP contribution in [0.4, 0.5) is 0 Å². The van der Waals surface area contributed by atoms with E-state index in [0.29, 0.717) is 30.2 Å². The number of nitrogens with zero attached hydrogens (tertiary/aromatic N) is 1. The number of amides is 2. The minimum absolute atomic E-state index is 0.0126. The molecule has 2 N–H and O–H groups in total. The molecule has 1 saturated heterocycles. The molecular weight excluding hydrogens is 358 g/mol. The fraction of sp³-hybridized carbons (Fsp3) is 0.619. The number of carbonyl (C=O) groups is 2. The highest BCUT2D eigenvalue weighted by molar-refractivity contribution is 5.94. The zero-order valence-electron chi connectivity index (χ0n) is 17.3. The number of piperidine rings is 1. The normalized spacial score (nSPS) is 15.0. The fourth-order valence-corrected chi connectivity index (χ4v) is 3.18. The summed E-state index contributed by atoms with van der Waals surface area (Å²) in [6.07, 6.45) is 3.27. The lowest BCUT2D eigenvalue weighted by Crippen LogP contribution is -2.39. The SMILES string of the molecule is CCN[C@H](C)CNC(=O)c1ccc(OCC(=O)N2CCCCC2)c(OCC)c1. The number of hydrogen-bond acceptors (Lipinski definition) is 5. The Labute approximate surface area is 167 Å². The van der Waals surface area contributed by atoms with Crippen molar-refractivity contribution < 1.29 is 19.1 Å². The average Bonchev–Trinajstić information content (AvgIpc) is 2.72. The molecule has 7 heteroatoms. The van der Waals surface area contributed by atoms with E-state index in [1.807, 2.05) is 25.7 Å². The predicted molar refractivity (Wildman–Crippen MR) is 109 cm³/mol. The van der Waals surface area contributed by atoms with E-state index in [0.717, 1.165) is 32.5 Å². The zero-order valence-corrected chi connectivity index (χ0v) is 17.3. The molecule has 1 aliphatic rings. The summed E-state index contributed by atoms with van der Waals surface area (Å²) in [6, 6.07) is 5.24. The largest absolute Gasteiger partial charge is 0.490 e. The first-order valence-electron chi connectivity index (χ1n) is 10.2. The highest BCUT2D eigenvalue weighted by atomic mass is 16.5. The van der Waals surface area contributed by atoms with Crippen LogP contribution < -0.4 is 20.1 Å². The molecule has 1 aliphatic heterocycles. The highest BCUT2D eigenvalue weighted by Crippen LogP contribution is 2.28. The van der Waals surface area contributed by atoms with Crippen LogP contribution in [0.2, 0.25) is 0 Å². The molecule has 0 saturated carbocycles. The second-order valence-corrected chi connectivity index (χ2v) is 6.99. The van der Waals surface area contributed by atoms with Crippen molar-refractivity contribution in [3.05, 3.63) is 23.8 Å². The van der Waals surface area contributed by atoms with Gasteiger partial charge in [0.2, 0.25) is 0 Å². The van der Waals surface area contributed by atoms with E-state index in [2.05, 4.69) is 10.6 Å². The Morgan fingerprint density at radius 1 is 1.11 bits per heavy atom. The molecule has 0 aromatic heterocycles. The van der Waals surface area contributed by atoms with Crippen LogP contribution >= 0.6 is 0 Å². The van der Waals surface area contributed by atoms with Gasteiger partial charge in [0.05, 0.1) is 6.61 Å². The van der Waals surface area contributed by atoms with Crippen molar-refractivity contribution in [1.82, 2.24) is 15.5 Å². The van der Waals surface area contributed by atoms with Crippen LogP contribution in [0.3, 0.4) is 0 Å². The van der Waals surface area contributed by atoms with Gasteiger partial charge in [0.15, 0.2) is 18.1 Å². The first-order chi connectivity index (χ1) is 13.5. The number of nitrogens with one attached hydrogen (secondary N) is 2. The molecule has 1 atom stereocenters. The Hall–Kier alpha value is -2.28. The van der Waals surface area contributed by atoms with Crippen LogP contribution in [-0.4, -0.2) is 62.1 Å². The summed E-state index contributed by atoms with van der Waals surface area (Å²) in [7, 11) is 0. The fourth-order valence-electron chi connectivity index (χ4n) is 3.18. The molecule has 2 amide bonds. The van der Waals surface area contributed by atoms with E-state index in [1.165, 1.54) is 6.42 Å². The quantitative estimate of drug-likeness (QED) is 0.639. The monoisotopic (exact) mass is 391 g/mol. The molecule has 1 aromatic carbocycles. The number of hydrogen-bond donors (Lipinski definition) is 2. The van der Waals surface area contributed by atoms with Crippen molar-refractivity contribution in [2.24, 2.45) is 0 Å². The van der Waals surface area contributed by atoms with Gasteiger partial charge in [0.1, 0.15) is 0 Å². The Kier molecular flexibility index (Phi) is 9.07. The zero-order chi connectivity index (χ0) is 20.4. The molecule has 156 valence electrons. The minimum atomic E-state index is -0.165. The molecule has 28 heavy (non-hydrogen) atoms. The second-order valence-electron chi connectivity index (χ2n) is 6.99. The summed E-state index contributed by atoms with van der Waals surface area (Å²) < 4.78 is 11.3. The number of likely N-dealkylation sites (tertiary alicyclic amines) is 1. The lowest BCUT2D eigenvalue weighted by Gasteiger charge is -2.26. The van der Waals surface area contributed by atoms with Crippen LogP contribution in [0, 0.1) is 0 Å². The molecule has 1 aromatic rings. The second kappa shape index (κ2) is 11.5. The van der Waals surface area contributed by atoms with E-state index < -0.39 is 0 Å². The van der Waals surface area contributed by atoms with Crippen molar-refractivity contribution in [2.75, 3.05) is 39.4 Å². The molecule has 1 fully saturated rings. The first-order valence-corrected chi connectivity index (χ1v) is 10.2. The average molecular weight is 392 g/mol. The summed E-state index contributed by atoms with van der Waals surface area (Å²) in [6.45, 7) is 9.33. The number of carbonyl (C=O) groups excluding carboxylic acids is 2. The Morgan fingerprint density at radius 2 is 1.86 bits per heavy atom. The van der Waals surface area contributed by atoms with Gasteiger partial charge in [-0.2, -0.15) is 0 Å². The number of benzene rings is 1. The third kappa shape index (κ3) is 6.71. The molecule has 0 radical (unpaired) electrons. The lowest BCUT2D eigenvalue weighted by molar-refractivity contribution is -0.134. The summed E-state index contributed by atoms with van der Waals surface area (Å²) in [5.74, 6) is 0.772. The summed E-state index contributed by atoms with van der Waals surface area (Å²) in [5.41, 5.74) is 0.502. The van der Waals surface area contributed by atoms with E-state index in [-0.39, 0.29) is 24.5 Å². The van der Waals surface area contributed by atoms with Crippen molar-refractivity contribution in [3.8, 4) is 11.5 Å². The maximum atomic E-state index is 12.4. The van der Waals surface area contributed by atoms with Gasteiger partial charge >= 0.3 is 0 Å². The van der Waals surface area contributed by atoms with Crippen LogP contribution in [-0.2, 0) is 4.79 Å². The smallest absolute Gasteiger partial charge is 0.260 e. The maximum Gasteiger partial charge on any atom is 0.260 e. The molecule has 0 unspecified atom stereocenters. The number of ether oxygens (including phenoxy) is 2. The standard InChI is InChI=1S/C21H33N3O4/c1-4-22-16(3)14-23-21(26)17-9-10-18(19(13-17)27-5-2)28-15-20(25)24-11-7-6-8-12-24/h9-10,13,16,22H,4-8,11-12,14-15H2,1-3H3,(H,23,26)/t16-/m1/s1. The number of likely N-dealkylation sites (N-methyl/N-ethyl adjacent to an activating group) is 1. The molecule has 1 heterocycles. The van der Waals surface area contributed by atoms with Crippen LogP contribution in [0.5, 0.6) is 11.5 Å². The van der Waals surface area contributed by atoms with Gasteiger partial charge in [-0.15, -0.1) is 0 Å². The van der Waals surface area contributed by atoms with Crippen molar-refractivity contribution in [3.63, 3.8) is 0 Å².